The van der Waals surface area contributed by atoms with Crippen LogP contribution in [-0.4, -0.2) is 56.3 Å². The second-order valence-corrected chi connectivity index (χ2v) is 8.89. The van der Waals surface area contributed by atoms with Crippen molar-refractivity contribution in [2.75, 3.05) is 30.6 Å². The molecule has 0 radical (unpaired) electrons. The van der Waals surface area contributed by atoms with E-state index in [1.165, 1.54) is 12.3 Å². The fourth-order valence-electron chi connectivity index (χ4n) is 2.22. The van der Waals surface area contributed by atoms with Crippen LogP contribution in [0.4, 0.5) is 5.69 Å². The van der Waals surface area contributed by atoms with Crippen molar-refractivity contribution in [2.24, 2.45) is 5.92 Å². The van der Waals surface area contributed by atoms with Gasteiger partial charge in [0.2, 0.25) is 5.88 Å². The number of aromatic nitrogens is 1. The molecule has 0 atom stereocenters. The number of fused-ring (bicyclic) bond motifs is 1. The van der Waals surface area contributed by atoms with Gasteiger partial charge >= 0.3 is 10.2 Å². The van der Waals surface area contributed by atoms with Crippen LogP contribution in [0.2, 0.25) is 0 Å². The molecule has 3 N–H and O–H groups in total. The second-order valence-electron chi connectivity index (χ2n) is 7.21. The minimum atomic E-state index is -3.78. The van der Waals surface area contributed by atoms with E-state index in [4.69, 9.17) is 4.74 Å². The maximum atomic E-state index is 12.6. The first-order chi connectivity index (χ1) is 12.1. The highest BCUT2D eigenvalue weighted by atomic mass is 32.2. The molecule has 0 aliphatic carbocycles. The summed E-state index contributed by atoms with van der Waals surface area (Å²) in [4.78, 5) is 16.5. The number of carbonyl (C=O) groups excluding carboxylic acids is 1. The molecule has 0 spiro atoms. The smallest absolute Gasteiger partial charge is 0.301 e. The summed E-state index contributed by atoms with van der Waals surface area (Å²) in [6.45, 7) is 7.51. The van der Waals surface area contributed by atoms with Crippen LogP contribution >= 0.6 is 0 Å². The van der Waals surface area contributed by atoms with Crippen LogP contribution in [0.5, 0.6) is 5.88 Å². The Balaban J connectivity index is 2.31. The molecule has 0 saturated carbocycles. The minimum Gasteiger partial charge on any atom is -0.474 e. The van der Waals surface area contributed by atoms with Crippen molar-refractivity contribution in [2.45, 2.75) is 33.2 Å². The summed E-state index contributed by atoms with van der Waals surface area (Å²) >= 11 is 0. The van der Waals surface area contributed by atoms with Crippen molar-refractivity contribution in [3.8, 4) is 5.88 Å². The highest BCUT2D eigenvalue weighted by Gasteiger charge is 2.31. The van der Waals surface area contributed by atoms with E-state index in [-0.39, 0.29) is 42.8 Å². The molecule has 1 aromatic rings. The summed E-state index contributed by atoms with van der Waals surface area (Å²) in [5.74, 6) is -0.150. The molecular weight excluding hydrogens is 360 g/mol. The maximum Gasteiger partial charge on any atom is 0.301 e. The molecule has 0 bridgehead atoms. The van der Waals surface area contributed by atoms with Crippen LogP contribution in [-0.2, 0) is 10.2 Å². The van der Waals surface area contributed by atoms with Crippen LogP contribution in [0.1, 0.15) is 38.1 Å². The first-order valence-electron chi connectivity index (χ1n) is 8.39. The van der Waals surface area contributed by atoms with Crippen LogP contribution in [0, 0.1) is 5.92 Å². The number of hydrogen-bond acceptors (Lipinski definition) is 6. The zero-order valence-corrected chi connectivity index (χ0v) is 16.3. The first-order valence-corrected chi connectivity index (χ1v) is 9.83. The Morgan fingerprint density at radius 3 is 2.77 bits per heavy atom. The summed E-state index contributed by atoms with van der Waals surface area (Å²) in [5.41, 5.74) is -0.421. The molecule has 26 heavy (non-hydrogen) atoms. The van der Waals surface area contributed by atoms with Gasteiger partial charge < -0.3 is 15.2 Å². The predicted octanol–water partition coefficient (Wildman–Crippen LogP) is 0.272. The van der Waals surface area contributed by atoms with Gasteiger partial charge in [0.1, 0.15) is 12.3 Å². The molecule has 1 aromatic heterocycles. The van der Waals surface area contributed by atoms with Crippen LogP contribution < -0.4 is 19.1 Å². The van der Waals surface area contributed by atoms with Crippen molar-refractivity contribution in [3.63, 3.8) is 0 Å². The molecule has 2 rings (SSSR count). The molecule has 1 amide bonds. The third-order valence-corrected chi connectivity index (χ3v) is 5.20. The number of hydrogen-bond donors (Lipinski definition) is 3. The standard InChI is InChI=1S/C16H26N4O5S/c1-11(2)8-18-26(23,24)20-5-6-25-15-13(20)7-12(9-17-15)14(22)19-16(3,4)10-21/h7,9,11,18,21H,5-6,8,10H2,1-4H3,(H,19,22). The quantitative estimate of drug-likeness (QED) is 0.619. The van der Waals surface area contributed by atoms with Gasteiger partial charge in [0.25, 0.3) is 5.91 Å². The number of aliphatic hydroxyl groups excluding tert-OH is 1. The van der Waals surface area contributed by atoms with Gasteiger partial charge in [0, 0.05) is 12.7 Å². The Kier molecular flexibility index (Phi) is 6.09. The lowest BCUT2D eigenvalue weighted by Gasteiger charge is -2.30. The normalized spacial score (nSPS) is 14.8. The van der Waals surface area contributed by atoms with E-state index in [0.29, 0.717) is 6.54 Å². The Morgan fingerprint density at radius 1 is 1.46 bits per heavy atom. The lowest BCUT2D eigenvalue weighted by molar-refractivity contribution is 0.0869. The number of nitrogens with zero attached hydrogens (tertiary/aromatic N) is 2. The van der Waals surface area contributed by atoms with Crippen LogP contribution in [0.25, 0.3) is 0 Å². The number of amides is 1. The van der Waals surface area contributed by atoms with Gasteiger partial charge in [-0.25, -0.2) is 9.29 Å². The van der Waals surface area contributed by atoms with E-state index in [1.54, 1.807) is 13.8 Å². The van der Waals surface area contributed by atoms with Gasteiger partial charge in [-0.15, -0.1) is 0 Å². The topological polar surface area (TPSA) is 121 Å². The maximum absolute atomic E-state index is 12.6. The third kappa shape index (κ3) is 4.83. The van der Waals surface area contributed by atoms with Crippen molar-refractivity contribution >= 4 is 21.8 Å². The van der Waals surface area contributed by atoms with E-state index in [1.807, 2.05) is 13.8 Å². The number of anilines is 1. The molecule has 1 aliphatic heterocycles. The van der Waals surface area contributed by atoms with E-state index in [9.17, 15) is 18.3 Å². The van der Waals surface area contributed by atoms with E-state index < -0.39 is 21.7 Å². The molecule has 0 fully saturated rings. The zero-order valence-electron chi connectivity index (χ0n) is 15.4. The molecule has 0 saturated heterocycles. The average molecular weight is 386 g/mol. The largest absolute Gasteiger partial charge is 0.474 e. The minimum absolute atomic E-state index is 0.120. The molecule has 9 nitrogen and oxygen atoms in total. The molecule has 2 heterocycles. The van der Waals surface area contributed by atoms with E-state index in [2.05, 4.69) is 15.0 Å². The SMILES string of the molecule is CC(C)CNS(=O)(=O)N1CCOc2ncc(C(=O)NC(C)(C)CO)cc21. The van der Waals surface area contributed by atoms with Crippen molar-refractivity contribution in [3.05, 3.63) is 17.8 Å². The number of carbonyl (C=O) groups is 1. The summed E-state index contributed by atoms with van der Waals surface area (Å²) in [5, 5.41) is 12.0. The summed E-state index contributed by atoms with van der Waals surface area (Å²) < 4.78 is 34.3. The average Bonchev–Trinajstić information content (AvgIpc) is 2.58. The number of nitrogens with one attached hydrogen (secondary N) is 2. The zero-order chi connectivity index (χ0) is 19.5. The molecule has 0 unspecified atom stereocenters. The Hall–Kier alpha value is -1.91. The number of ether oxygens (including phenoxy) is 1. The Labute approximate surface area is 153 Å². The monoisotopic (exact) mass is 386 g/mol. The van der Waals surface area contributed by atoms with Crippen molar-refractivity contribution < 1.29 is 23.1 Å². The summed E-state index contributed by atoms with van der Waals surface area (Å²) in [6, 6.07) is 1.43. The van der Waals surface area contributed by atoms with Gasteiger partial charge in [0.05, 0.1) is 24.3 Å². The van der Waals surface area contributed by atoms with Gasteiger partial charge in [-0.2, -0.15) is 13.1 Å². The second kappa shape index (κ2) is 7.77. The van der Waals surface area contributed by atoms with Gasteiger partial charge in [-0.1, -0.05) is 13.8 Å². The van der Waals surface area contributed by atoms with Gasteiger partial charge in [-0.05, 0) is 25.8 Å². The van der Waals surface area contributed by atoms with Crippen molar-refractivity contribution in [1.29, 1.82) is 0 Å². The Morgan fingerprint density at radius 2 is 2.15 bits per heavy atom. The number of pyridine rings is 1. The Bertz CT molecular complexity index is 764. The molecule has 0 aromatic carbocycles. The van der Waals surface area contributed by atoms with Crippen LogP contribution in [0.15, 0.2) is 12.3 Å². The highest BCUT2D eigenvalue weighted by Crippen LogP contribution is 2.31. The fourth-order valence-corrected chi connectivity index (χ4v) is 3.62. The molecule has 1 aliphatic rings. The molecular formula is C16H26N4O5S. The van der Waals surface area contributed by atoms with E-state index >= 15 is 0 Å². The van der Waals surface area contributed by atoms with Crippen molar-refractivity contribution in [1.82, 2.24) is 15.0 Å². The molecule has 10 heteroatoms. The number of aliphatic hydroxyl groups is 1. The highest BCUT2D eigenvalue weighted by molar-refractivity contribution is 7.90. The van der Waals surface area contributed by atoms with E-state index in [0.717, 1.165) is 4.31 Å². The summed E-state index contributed by atoms with van der Waals surface area (Å²) in [7, 11) is -3.78. The van der Waals surface area contributed by atoms with Crippen LogP contribution in [0.3, 0.4) is 0 Å². The first kappa shape index (κ1) is 20.4. The van der Waals surface area contributed by atoms with Gasteiger partial charge in [0.15, 0.2) is 0 Å². The molecule has 146 valence electrons. The lowest BCUT2D eigenvalue weighted by Crippen LogP contribution is -2.47. The van der Waals surface area contributed by atoms with Gasteiger partial charge in [-0.3, -0.25) is 4.79 Å². The summed E-state index contributed by atoms with van der Waals surface area (Å²) in [6.07, 6.45) is 1.32. The predicted molar refractivity (Wildman–Crippen MR) is 97.5 cm³/mol. The number of rotatable bonds is 7. The third-order valence-electron chi connectivity index (χ3n) is 3.71. The fraction of sp³-hybridized carbons (Fsp3) is 0.625. The lowest BCUT2D eigenvalue weighted by atomic mass is 10.1.